The van der Waals surface area contributed by atoms with Crippen molar-refractivity contribution in [1.82, 2.24) is 25.5 Å². The van der Waals surface area contributed by atoms with Crippen LogP contribution in [0.4, 0.5) is 0 Å². The van der Waals surface area contributed by atoms with Crippen LogP contribution in [0.3, 0.4) is 0 Å². The maximum absolute atomic E-state index is 10.7. The summed E-state index contributed by atoms with van der Waals surface area (Å²) in [6, 6.07) is 0. The Morgan fingerprint density at radius 3 is 3.00 bits per heavy atom. The third-order valence-electron chi connectivity index (χ3n) is 1.01. The first-order chi connectivity index (χ1) is 5.22. The largest absolute Gasteiger partial charge is 0.358 e. The van der Waals surface area contributed by atoms with Crippen molar-refractivity contribution in [3.05, 3.63) is 0 Å². The first-order valence-corrected chi connectivity index (χ1v) is 3.34. The molecule has 0 unspecified atom stereocenters. The summed E-state index contributed by atoms with van der Waals surface area (Å²) in [7, 11) is 1.54. The molecule has 0 radical (unpaired) electrons. The number of amides is 1. The molecular formula is C4H7N5OS. The topological polar surface area (TPSA) is 72.7 Å². The molecule has 0 bridgehead atoms. The van der Waals surface area contributed by atoms with Gasteiger partial charge in [-0.25, -0.2) is 0 Å². The van der Waals surface area contributed by atoms with Crippen molar-refractivity contribution in [1.29, 1.82) is 0 Å². The lowest BCUT2D eigenvalue weighted by atomic mass is 10.6. The van der Waals surface area contributed by atoms with E-state index >= 15 is 0 Å². The van der Waals surface area contributed by atoms with Gasteiger partial charge >= 0.3 is 0 Å². The second-order valence-corrected chi connectivity index (χ2v) is 2.19. The van der Waals surface area contributed by atoms with Crippen LogP contribution in [0.5, 0.6) is 0 Å². The molecule has 1 heterocycles. The predicted molar refractivity (Wildman–Crippen MR) is 39.1 cm³/mol. The monoisotopic (exact) mass is 173 g/mol. The average Bonchev–Trinajstić information content (AvgIpc) is 2.35. The number of thiol groups is 1. The molecule has 0 aromatic carbocycles. The van der Waals surface area contributed by atoms with Crippen LogP contribution < -0.4 is 5.32 Å². The Hall–Kier alpha value is -1.11. The molecule has 1 N–H and O–H groups in total. The van der Waals surface area contributed by atoms with E-state index in [1.54, 1.807) is 7.05 Å². The van der Waals surface area contributed by atoms with Crippen LogP contribution in [-0.2, 0) is 11.3 Å². The number of hydrogen-bond donors (Lipinski definition) is 2. The van der Waals surface area contributed by atoms with Gasteiger partial charge in [-0.2, -0.15) is 4.80 Å². The van der Waals surface area contributed by atoms with E-state index in [0.717, 1.165) is 0 Å². The van der Waals surface area contributed by atoms with E-state index in [2.05, 4.69) is 33.4 Å². The van der Waals surface area contributed by atoms with Crippen molar-refractivity contribution in [2.75, 3.05) is 7.05 Å². The normalized spacial score (nSPS) is 9.64. The minimum absolute atomic E-state index is 0.0735. The number of carbonyl (C=O) groups excluding carboxylic acids is 1. The molecule has 7 heteroatoms. The molecule has 0 spiro atoms. The van der Waals surface area contributed by atoms with Gasteiger partial charge in [0.05, 0.1) is 0 Å². The highest BCUT2D eigenvalue weighted by Crippen LogP contribution is 1.89. The first-order valence-electron chi connectivity index (χ1n) is 2.89. The fourth-order valence-electron chi connectivity index (χ4n) is 0.509. The molecule has 1 rings (SSSR count). The van der Waals surface area contributed by atoms with E-state index in [1.807, 2.05) is 0 Å². The van der Waals surface area contributed by atoms with Gasteiger partial charge in [0, 0.05) is 7.05 Å². The van der Waals surface area contributed by atoms with Crippen LogP contribution in [0.2, 0.25) is 0 Å². The van der Waals surface area contributed by atoms with Crippen molar-refractivity contribution >= 4 is 18.5 Å². The summed E-state index contributed by atoms with van der Waals surface area (Å²) in [6.45, 7) is 0.0735. The SMILES string of the molecule is CNC(=O)Cn1nnc(S)n1. The molecular weight excluding hydrogens is 166 g/mol. The highest BCUT2D eigenvalue weighted by molar-refractivity contribution is 7.80. The van der Waals surface area contributed by atoms with Gasteiger partial charge in [-0.15, -0.1) is 10.2 Å². The molecule has 0 fully saturated rings. The van der Waals surface area contributed by atoms with Crippen molar-refractivity contribution in [2.24, 2.45) is 0 Å². The number of nitrogens with one attached hydrogen (secondary N) is 1. The van der Waals surface area contributed by atoms with Crippen LogP contribution in [0, 0.1) is 0 Å². The van der Waals surface area contributed by atoms with Gasteiger partial charge in [0.15, 0.2) is 0 Å². The van der Waals surface area contributed by atoms with Gasteiger partial charge in [0.1, 0.15) is 6.54 Å². The lowest BCUT2D eigenvalue weighted by molar-refractivity contribution is -0.121. The van der Waals surface area contributed by atoms with E-state index < -0.39 is 0 Å². The van der Waals surface area contributed by atoms with Crippen molar-refractivity contribution in [2.45, 2.75) is 11.7 Å². The van der Waals surface area contributed by atoms with Gasteiger partial charge in [-0.3, -0.25) is 4.79 Å². The Morgan fingerprint density at radius 2 is 2.55 bits per heavy atom. The van der Waals surface area contributed by atoms with Crippen molar-refractivity contribution < 1.29 is 4.79 Å². The molecule has 1 aromatic heterocycles. The van der Waals surface area contributed by atoms with E-state index in [9.17, 15) is 4.79 Å². The third-order valence-corrected chi connectivity index (χ3v) is 1.19. The van der Waals surface area contributed by atoms with Crippen molar-refractivity contribution in [3.8, 4) is 0 Å². The van der Waals surface area contributed by atoms with E-state index in [0.29, 0.717) is 0 Å². The molecule has 60 valence electrons. The number of rotatable bonds is 2. The molecule has 0 aliphatic carbocycles. The molecule has 0 saturated carbocycles. The van der Waals surface area contributed by atoms with Crippen molar-refractivity contribution in [3.63, 3.8) is 0 Å². The summed E-state index contributed by atoms with van der Waals surface area (Å²) in [5.74, 6) is -0.171. The lowest BCUT2D eigenvalue weighted by Gasteiger charge is -1.94. The number of hydrogen-bond acceptors (Lipinski definition) is 5. The molecule has 11 heavy (non-hydrogen) atoms. The Morgan fingerprint density at radius 1 is 1.82 bits per heavy atom. The fraction of sp³-hybridized carbons (Fsp3) is 0.500. The molecule has 1 amide bonds. The second-order valence-electron chi connectivity index (χ2n) is 1.79. The number of aromatic nitrogens is 4. The van der Waals surface area contributed by atoms with Gasteiger partial charge in [0.25, 0.3) is 0 Å². The van der Waals surface area contributed by atoms with Crippen LogP contribution in [0.1, 0.15) is 0 Å². The summed E-state index contributed by atoms with van der Waals surface area (Å²) >= 11 is 3.82. The quantitative estimate of drug-likeness (QED) is 0.546. The van der Waals surface area contributed by atoms with Gasteiger partial charge < -0.3 is 5.32 Å². The first kappa shape index (κ1) is 7.99. The molecule has 0 aliphatic rings. The molecule has 6 nitrogen and oxygen atoms in total. The standard InChI is InChI=1S/C4H7N5OS/c1-5-3(10)2-9-7-4(11)6-8-9/h2H2,1H3,(H,5,10)(H,7,11). The minimum Gasteiger partial charge on any atom is -0.358 e. The minimum atomic E-state index is -0.171. The van der Waals surface area contributed by atoms with Gasteiger partial charge in [-0.05, 0) is 5.21 Å². The van der Waals surface area contributed by atoms with E-state index in [1.165, 1.54) is 4.80 Å². The number of likely N-dealkylation sites (N-methyl/N-ethyl adjacent to an activating group) is 1. The third kappa shape index (κ3) is 2.19. The Bertz CT molecular complexity index is 259. The number of nitrogens with zero attached hydrogens (tertiary/aromatic N) is 4. The maximum Gasteiger partial charge on any atom is 0.243 e. The number of tetrazole rings is 1. The van der Waals surface area contributed by atoms with Gasteiger partial charge in [-0.1, -0.05) is 12.6 Å². The van der Waals surface area contributed by atoms with E-state index in [-0.39, 0.29) is 17.6 Å². The lowest BCUT2D eigenvalue weighted by Crippen LogP contribution is -2.24. The summed E-state index contributed by atoms with van der Waals surface area (Å²) in [5.41, 5.74) is 0. The summed E-state index contributed by atoms with van der Waals surface area (Å²) in [5, 5.41) is 13.4. The fourth-order valence-corrected chi connectivity index (χ4v) is 0.653. The van der Waals surface area contributed by atoms with E-state index in [4.69, 9.17) is 0 Å². The van der Waals surface area contributed by atoms with Gasteiger partial charge in [0.2, 0.25) is 11.1 Å². The molecule has 0 aliphatic heterocycles. The zero-order valence-electron chi connectivity index (χ0n) is 5.85. The Labute approximate surface area is 68.4 Å². The average molecular weight is 173 g/mol. The summed E-state index contributed by atoms with van der Waals surface area (Å²) < 4.78 is 0. The smallest absolute Gasteiger partial charge is 0.243 e. The molecule has 1 aromatic rings. The van der Waals surface area contributed by atoms with Crippen LogP contribution in [0.25, 0.3) is 0 Å². The summed E-state index contributed by atoms with van der Waals surface area (Å²) in [6.07, 6.45) is 0. The molecule has 0 saturated heterocycles. The Kier molecular flexibility index (Phi) is 2.42. The van der Waals surface area contributed by atoms with Crippen LogP contribution >= 0.6 is 12.6 Å². The summed E-state index contributed by atoms with van der Waals surface area (Å²) in [4.78, 5) is 11.9. The second kappa shape index (κ2) is 3.33. The zero-order valence-corrected chi connectivity index (χ0v) is 6.75. The molecule has 0 atom stereocenters. The zero-order chi connectivity index (χ0) is 8.27. The Balaban J connectivity index is 2.57. The highest BCUT2D eigenvalue weighted by Gasteiger charge is 2.02. The van der Waals surface area contributed by atoms with Crippen LogP contribution in [-0.4, -0.2) is 33.2 Å². The number of carbonyl (C=O) groups is 1. The van der Waals surface area contributed by atoms with Crippen LogP contribution in [0.15, 0.2) is 5.16 Å². The highest BCUT2D eigenvalue weighted by atomic mass is 32.1. The predicted octanol–water partition coefficient (Wildman–Crippen LogP) is -1.29. The maximum atomic E-state index is 10.7.